The third-order valence-electron chi connectivity index (χ3n) is 2.12. The fraction of sp³-hybridized carbons (Fsp3) is 0.364. The van der Waals surface area contributed by atoms with Crippen molar-refractivity contribution in [2.45, 2.75) is 24.7 Å². The summed E-state index contributed by atoms with van der Waals surface area (Å²) >= 11 is 1.25. The number of hydrogen-bond donors (Lipinski definition) is 1. The molecule has 1 aromatic rings. The molecule has 0 amide bonds. The lowest BCUT2D eigenvalue weighted by atomic mass is 10.0. The minimum absolute atomic E-state index is 0.280. The Hall–Kier alpha value is -0.870. The van der Waals surface area contributed by atoms with Gasteiger partial charge in [0.05, 0.1) is 10.6 Å². The van der Waals surface area contributed by atoms with Gasteiger partial charge >= 0.3 is 0 Å². The van der Waals surface area contributed by atoms with Gasteiger partial charge in [0.2, 0.25) is 0 Å². The molecule has 0 saturated heterocycles. The first-order chi connectivity index (χ1) is 7.11. The lowest BCUT2D eigenvalue weighted by Gasteiger charge is -2.13. The molecule has 4 heteroatoms. The maximum absolute atomic E-state index is 13.5. The van der Waals surface area contributed by atoms with E-state index in [2.05, 4.69) is 11.7 Å². The van der Waals surface area contributed by atoms with Crippen molar-refractivity contribution in [2.24, 2.45) is 10.7 Å². The van der Waals surface area contributed by atoms with Gasteiger partial charge in [0.25, 0.3) is 0 Å². The highest BCUT2D eigenvalue weighted by molar-refractivity contribution is 7.99. The molecule has 0 spiro atoms. The zero-order valence-corrected chi connectivity index (χ0v) is 9.77. The van der Waals surface area contributed by atoms with Crippen molar-refractivity contribution in [2.75, 3.05) is 5.88 Å². The molecule has 0 aliphatic rings. The summed E-state index contributed by atoms with van der Waals surface area (Å²) in [5, 5.41) is 0. The van der Waals surface area contributed by atoms with Crippen LogP contribution in [0.3, 0.4) is 0 Å². The molecule has 0 unspecified atom stereocenters. The SMILES string of the molecule is C=Nc1c(C(C)C)ccc(F)c1SCN. The molecule has 0 fully saturated rings. The Morgan fingerprint density at radius 3 is 2.67 bits per heavy atom. The number of benzene rings is 1. The molecule has 0 saturated carbocycles. The summed E-state index contributed by atoms with van der Waals surface area (Å²) in [5.74, 6) is 0.349. The summed E-state index contributed by atoms with van der Waals surface area (Å²) in [6.45, 7) is 7.57. The number of aliphatic imine (C=N–C) groups is 1. The minimum Gasteiger partial charge on any atom is -0.322 e. The van der Waals surface area contributed by atoms with Gasteiger partial charge < -0.3 is 5.73 Å². The Labute approximate surface area is 93.8 Å². The average molecular weight is 226 g/mol. The summed E-state index contributed by atoms with van der Waals surface area (Å²) in [5.41, 5.74) is 7.04. The van der Waals surface area contributed by atoms with E-state index in [1.54, 1.807) is 6.07 Å². The molecule has 0 aromatic heterocycles. The summed E-state index contributed by atoms with van der Waals surface area (Å²) < 4.78 is 13.5. The van der Waals surface area contributed by atoms with E-state index in [1.807, 2.05) is 13.8 Å². The molecule has 2 N–H and O–H groups in total. The number of nitrogens with zero attached hydrogens (tertiary/aromatic N) is 1. The van der Waals surface area contributed by atoms with Gasteiger partial charge in [0.15, 0.2) is 0 Å². The number of rotatable bonds is 4. The highest BCUT2D eigenvalue weighted by Gasteiger charge is 2.14. The van der Waals surface area contributed by atoms with Gasteiger partial charge in [-0.05, 0) is 24.3 Å². The van der Waals surface area contributed by atoms with Crippen molar-refractivity contribution in [3.63, 3.8) is 0 Å². The fourth-order valence-corrected chi connectivity index (χ4v) is 2.10. The van der Waals surface area contributed by atoms with Gasteiger partial charge in [-0.25, -0.2) is 4.39 Å². The molecule has 2 nitrogen and oxygen atoms in total. The molecular weight excluding hydrogens is 211 g/mol. The van der Waals surface area contributed by atoms with Gasteiger partial charge in [-0.3, -0.25) is 4.99 Å². The number of thioether (sulfide) groups is 1. The Bertz CT molecular complexity index is 364. The van der Waals surface area contributed by atoms with Crippen LogP contribution in [0, 0.1) is 5.82 Å². The largest absolute Gasteiger partial charge is 0.322 e. The van der Waals surface area contributed by atoms with E-state index >= 15 is 0 Å². The highest BCUT2D eigenvalue weighted by atomic mass is 32.2. The van der Waals surface area contributed by atoms with E-state index in [0.717, 1.165) is 5.56 Å². The van der Waals surface area contributed by atoms with Crippen molar-refractivity contribution in [3.05, 3.63) is 23.5 Å². The monoisotopic (exact) mass is 226 g/mol. The van der Waals surface area contributed by atoms with Crippen LogP contribution in [0.1, 0.15) is 25.3 Å². The van der Waals surface area contributed by atoms with E-state index in [4.69, 9.17) is 5.73 Å². The molecule has 15 heavy (non-hydrogen) atoms. The van der Waals surface area contributed by atoms with Gasteiger partial charge in [0, 0.05) is 5.88 Å². The minimum atomic E-state index is -0.280. The van der Waals surface area contributed by atoms with Crippen LogP contribution in [-0.4, -0.2) is 12.6 Å². The second-order valence-electron chi connectivity index (χ2n) is 3.44. The third kappa shape index (κ3) is 2.58. The van der Waals surface area contributed by atoms with Crippen LogP contribution in [0.25, 0.3) is 0 Å². The molecule has 0 atom stereocenters. The fourth-order valence-electron chi connectivity index (χ4n) is 1.41. The third-order valence-corrected chi connectivity index (χ3v) is 2.97. The Kier molecular flexibility index (Phi) is 4.29. The molecule has 0 aliphatic carbocycles. The quantitative estimate of drug-likeness (QED) is 0.486. The van der Waals surface area contributed by atoms with Crippen LogP contribution in [0.2, 0.25) is 0 Å². The topological polar surface area (TPSA) is 38.4 Å². The van der Waals surface area contributed by atoms with Crippen molar-refractivity contribution >= 4 is 24.2 Å². The van der Waals surface area contributed by atoms with E-state index < -0.39 is 0 Å². The summed E-state index contributed by atoms with van der Waals surface area (Å²) in [6, 6.07) is 3.21. The molecule has 1 rings (SSSR count). The van der Waals surface area contributed by atoms with E-state index in [-0.39, 0.29) is 5.82 Å². The summed E-state index contributed by atoms with van der Waals surface area (Å²) in [7, 11) is 0. The Morgan fingerprint density at radius 1 is 1.53 bits per heavy atom. The highest BCUT2D eigenvalue weighted by Crippen LogP contribution is 2.37. The predicted octanol–water partition coefficient (Wildman–Crippen LogP) is 3.29. The number of nitrogens with two attached hydrogens (primary N) is 1. The van der Waals surface area contributed by atoms with Crippen LogP contribution in [0.5, 0.6) is 0 Å². The molecule has 0 aliphatic heterocycles. The first kappa shape index (κ1) is 12.2. The van der Waals surface area contributed by atoms with Gasteiger partial charge in [0.1, 0.15) is 5.82 Å². The van der Waals surface area contributed by atoms with Gasteiger partial charge in [-0.15, -0.1) is 11.8 Å². The number of halogens is 1. The molecular formula is C11H15FN2S. The van der Waals surface area contributed by atoms with Crippen molar-refractivity contribution in [1.29, 1.82) is 0 Å². The second-order valence-corrected chi connectivity index (χ2v) is 4.47. The van der Waals surface area contributed by atoms with Gasteiger partial charge in [-0.2, -0.15) is 0 Å². The Morgan fingerprint density at radius 2 is 2.20 bits per heavy atom. The zero-order chi connectivity index (χ0) is 11.4. The standard InChI is InChI=1S/C11H15FN2S/c1-7(2)8-4-5-9(12)11(15-6-13)10(8)14-3/h4-5,7H,3,6,13H2,1-2H3. The van der Waals surface area contributed by atoms with Gasteiger partial charge in [-0.1, -0.05) is 19.9 Å². The van der Waals surface area contributed by atoms with E-state index in [9.17, 15) is 4.39 Å². The lowest BCUT2D eigenvalue weighted by molar-refractivity contribution is 0.600. The predicted molar refractivity (Wildman–Crippen MR) is 64.6 cm³/mol. The van der Waals surface area contributed by atoms with Crippen LogP contribution in [0.15, 0.2) is 22.0 Å². The van der Waals surface area contributed by atoms with Crippen molar-refractivity contribution < 1.29 is 4.39 Å². The first-order valence-electron chi connectivity index (χ1n) is 4.73. The molecule has 0 bridgehead atoms. The van der Waals surface area contributed by atoms with Crippen LogP contribution < -0.4 is 5.73 Å². The van der Waals surface area contributed by atoms with Crippen molar-refractivity contribution in [1.82, 2.24) is 0 Å². The average Bonchev–Trinajstić information content (AvgIpc) is 2.20. The normalized spacial score (nSPS) is 10.7. The second kappa shape index (κ2) is 5.28. The summed E-state index contributed by atoms with van der Waals surface area (Å²) in [4.78, 5) is 4.40. The molecule has 1 aromatic carbocycles. The maximum Gasteiger partial charge on any atom is 0.139 e. The molecule has 82 valence electrons. The van der Waals surface area contributed by atoms with Crippen LogP contribution in [-0.2, 0) is 0 Å². The van der Waals surface area contributed by atoms with E-state index in [1.165, 1.54) is 17.8 Å². The zero-order valence-electron chi connectivity index (χ0n) is 8.96. The van der Waals surface area contributed by atoms with Crippen LogP contribution >= 0.6 is 11.8 Å². The maximum atomic E-state index is 13.5. The van der Waals surface area contributed by atoms with Crippen LogP contribution in [0.4, 0.5) is 10.1 Å². The lowest BCUT2D eigenvalue weighted by Crippen LogP contribution is -1.97. The number of hydrogen-bond acceptors (Lipinski definition) is 3. The first-order valence-corrected chi connectivity index (χ1v) is 5.72. The molecule has 0 radical (unpaired) electrons. The molecule has 0 heterocycles. The smallest absolute Gasteiger partial charge is 0.139 e. The van der Waals surface area contributed by atoms with E-state index in [0.29, 0.717) is 22.4 Å². The Balaban J connectivity index is 3.33. The summed E-state index contributed by atoms with van der Waals surface area (Å²) in [6.07, 6.45) is 0. The van der Waals surface area contributed by atoms with Crippen molar-refractivity contribution in [3.8, 4) is 0 Å².